The lowest BCUT2D eigenvalue weighted by molar-refractivity contribution is -0.384. The lowest BCUT2D eigenvalue weighted by Gasteiger charge is -2.34. The molecule has 114 valence electrons. The van der Waals surface area contributed by atoms with Crippen LogP contribution in [0.5, 0.6) is 0 Å². The predicted octanol–water partition coefficient (Wildman–Crippen LogP) is 3.22. The second kappa shape index (κ2) is 6.05. The number of anilines is 1. The number of carbonyl (C=O) groups excluding carboxylic acids is 1. The van der Waals surface area contributed by atoms with Crippen molar-refractivity contribution in [1.82, 2.24) is 0 Å². The number of nitro benzene ring substituents is 1. The van der Waals surface area contributed by atoms with Gasteiger partial charge in [-0.05, 0) is 35.6 Å². The number of carbonyl (C=O) groups is 1. The molecule has 0 unspecified atom stereocenters. The molecule has 0 N–H and O–H groups in total. The third-order valence-corrected chi connectivity index (χ3v) is 5.21. The molecule has 0 bridgehead atoms. The third kappa shape index (κ3) is 2.90. The molecule has 0 saturated carbocycles. The van der Waals surface area contributed by atoms with Crippen LogP contribution in [0.25, 0.3) is 0 Å². The smallest absolute Gasteiger partial charge is 0.269 e. The van der Waals surface area contributed by atoms with Gasteiger partial charge in [0.1, 0.15) is 0 Å². The van der Waals surface area contributed by atoms with E-state index in [4.69, 9.17) is 0 Å². The van der Waals surface area contributed by atoms with E-state index in [9.17, 15) is 14.9 Å². The largest absolute Gasteiger partial charge is 0.311 e. The van der Waals surface area contributed by atoms with Gasteiger partial charge in [-0.1, -0.05) is 13.8 Å². The normalized spacial score (nSPS) is 14.4. The second-order valence-electron chi connectivity index (χ2n) is 5.59. The van der Waals surface area contributed by atoms with E-state index in [1.54, 1.807) is 11.0 Å². The van der Waals surface area contributed by atoms with Crippen LogP contribution in [0, 0.1) is 15.5 Å². The molecule has 0 radical (unpaired) electrons. The Labute approximate surface area is 129 Å². The minimum atomic E-state index is -0.427. The van der Waals surface area contributed by atoms with Crippen molar-refractivity contribution in [3.63, 3.8) is 0 Å². The van der Waals surface area contributed by atoms with Gasteiger partial charge in [-0.15, -0.1) is 0 Å². The minimum Gasteiger partial charge on any atom is -0.311 e. The fourth-order valence-corrected chi connectivity index (χ4v) is 3.29. The van der Waals surface area contributed by atoms with Crippen LogP contribution in [0.1, 0.15) is 32.3 Å². The van der Waals surface area contributed by atoms with Crippen LogP contribution in [0.3, 0.4) is 0 Å². The number of thiol groups is 1. The maximum absolute atomic E-state index is 12.3. The number of nitro groups is 1. The molecule has 1 heterocycles. The van der Waals surface area contributed by atoms with E-state index in [0.29, 0.717) is 12.3 Å². The number of rotatable bonds is 6. The number of hydrogen-bond donors (Lipinski definition) is 1. The zero-order chi connectivity index (χ0) is 15.6. The van der Waals surface area contributed by atoms with Crippen molar-refractivity contribution < 1.29 is 9.72 Å². The average Bonchev–Trinajstić information content (AvgIpc) is 2.79. The van der Waals surface area contributed by atoms with E-state index in [1.807, 2.05) is 0 Å². The summed E-state index contributed by atoms with van der Waals surface area (Å²) < 4.78 is 0. The Morgan fingerprint density at radius 2 is 2.05 bits per heavy atom. The first-order valence-corrected chi connectivity index (χ1v) is 7.78. The molecule has 0 spiro atoms. The maximum Gasteiger partial charge on any atom is 0.269 e. The Bertz CT molecular complexity index is 562. The van der Waals surface area contributed by atoms with E-state index in [2.05, 4.69) is 26.5 Å². The Hall–Kier alpha value is -1.56. The summed E-state index contributed by atoms with van der Waals surface area (Å²) >= 11 is 4.45. The molecule has 1 aromatic rings. The van der Waals surface area contributed by atoms with Crippen molar-refractivity contribution >= 4 is 29.9 Å². The Kier molecular flexibility index (Phi) is 4.56. The SMILES string of the molecule is CCC(CC)(CS)CN1C(=O)Cc2cc([N+](=O)[O-])ccc21. The van der Waals surface area contributed by atoms with Crippen LogP contribution in [0.15, 0.2) is 18.2 Å². The number of nitrogens with zero attached hydrogens (tertiary/aromatic N) is 2. The molecular formula is C15H20N2O3S. The zero-order valence-electron chi connectivity index (χ0n) is 12.3. The van der Waals surface area contributed by atoms with Crippen molar-refractivity contribution in [2.75, 3.05) is 17.2 Å². The highest BCUT2D eigenvalue weighted by Crippen LogP contribution is 2.37. The number of hydrogen-bond acceptors (Lipinski definition) is 4. The highest BCUT2D eigenvalue weighted by Gasteiger charge is 2.35. The van der Waals surface area contributed by atoms with Gasteiger partial charge in [0, 0.05) is 24.4 Å². The van der Waals surface area contributed by atoms with E-state index < -0.39 is 4.92 Å². The van der Waals surface area contributed by atoms with Crippen molar-refractivity contribution in [3.05, 3.63) is 33.9 Å². The molecule has 6 heteroatoms. The van der Waals surface area contributed by atoms with Gasteiger partial charge in [0.2, 0.25) is 5.91 Å². The molecule has 0 aliphatic carbocycles. The molecule has 5 nitrogen and oxygen atoms in total. The van der Waals surface area contributed by atoms with Gasteiger partial charge in [0.25, 0.3) is 5.69 Å². The van der Waals surface area contributed by atoms with Crippen molar-refractivity contribution in [2.24, 2.45) is 5.41 Å². The summed E-state index contributed by atoms with van der Waals surface area (Å²) in [6.45, 7) is 4.83. The summed E-state index contributed by atoms with van der Waals surface area (Å²) in [5, 5.41) is 10.8. The lowest BCUT2D eigenvalue weighted by Crippen LogP contribution is -2.40. The molecule has 0 aromatic heterocycles. The van der Waals surface area contributed by atoms with Crippen molar-refractivity contribution in [2.45, 2.75) is 33.1 Å². The molecule has 0 atom stereocenters. The van der Waals surface area contributed by atoms with Gasteiger partial charge in [-0.3, -0.25) is 14.9 Å². The summed E-state index contributed by atoms with van der Waals surface area (Å²) in [6.07, 6.45) is 2.13. The number of amides is 1. The predicted molar refractivity (Wildman–Crippen MR) is 86.0 cm³/mol. The van der Waals surface area contributed by atoms with E-state index in [1.165, 1.54) is 12.1 Å². The molecule has 0 saturated heterocycles. The maximum atomic E-state index is 12.3. The molecule has 1 aliphatic rings. The first-order chi connectivity index (χ1) is 9.96. The molecule has 2 rings (SSSR count). The van der Waals surface area contributed by atoms with Crippen LogP contribution < -0.4 is 4.90 Å². The second-order valence-corrected chi connectivity index (χ2v) is 5.91. The van der Waals surface area contributed by atoms with Gasteiger partial charge in [-0.25, -0.2) is 0 Å². The topological polar surface area (TPSA) is 63.5 Å². The van der Waals surface area contributed by atoms with Gasteiger partial charge in [-0.2, -0.15) is 12.6 Å². The zero-order valence-corrected chi connectivity index (χ0v) is 13.2. The summed E-state index contributed by atoms with van der Waals surface area (Å²) in [5.41, 5.74) is 1.57. The molecule has 21 heavy (non-hydrogen) atoms. The van der Waals surface area contributed by atoms with Crippen LogP contribution in [-0.2, 0) is 11.2 Å². The summed E-state index contributed by atoms with van der Waals surface area (Å²) in [7, 11) is 0. The first kappa shape index (κ1) is 15.8. The molecule has 1 aromatic carbocycles. The van der Waals surface area contributed by atoms with Crippen molar-refractivity contribution in [1.29, 1.82) is 0 Å². The minimum absolute atomic E-state index is 0.0117. The van der Waals surface area contributed by atoms with Crippen molar-refractivity contribution in [3.8, 4) is 0 Å². The number of fused-ring (bicyclic) bond motifs is 1. The van der Waals surface area contributed by atoms with Crippen LogP contribution in [0.2, 0.25) is 0 Å². The number of benzene rings is 1. The monoisotopic (exact) mass is 308 g/mol. The van der Waals surface area contributed by atoms with E-state index >= 15 is 0 Å². The third-order valence-electron chi connectivity index (χ3n) is 4.54. The summed E-state index contributed by atoms with van der Waals surface area (Å²) in [6, 6.07) is 4.66. The standard InChI is InChI=1S/C15H20N2O3S/c1-3-15(4-2,10-21)9-16-13-6-5-12(17(19)20)7-11(13)8-14(16)18/h5-7,21H,3-4,8-10H2,1-2H3. The van der Waals surface area contributed by atoms with E-state index in [0.717, 1.165) is 24.1 Å². The molecule has 0 fully saturated rings. The van der Waals surface area contributed by atoms with Gasteiger partial charge < -0.3 is 4.90 Å². The van der Waals surface area contributed by atoms with Gasteiger partial charge in [0.15, 0.2) is 0 Å². The van der Waals surface area contributed by atoms with Crippen LogP contribution in [-0.4, -0.2) is 23.1 Å². The lowest BCUT2D eigenvalue weighted by atomic mass is 9.84. The Balaban J connectivity index is 2.32. The van der Waals surface area contributed by atoms with E-state index in [-0.39, 0.29) is 23.4 Å². The fraction of sp³-hybridized carbons (Fsp3) is 0.533. The Morgan fingerprint density at radius 3 is 2.57 bits per heavy atom. The van der Waals surface area contributed by atoms with Gasteiger partial charge in [0.05, 0.1) is 11.3 Å². The quantitative estimate of drug-likeness (QED) is 0.498. The van der Waals surface area contributed by atoms with Crippen LogP contribution >= 0.6 is 12.6 Å². The molecule has 1 amide bonds. The van der Waals surface area contributed by atoms with Crippen LogP contribution in [0.4, 0.5) is 11.4 Å². The number of non-ortho nitro benzene ring substituents is 1. The summed E-state index contributed by atoms with van der Waals surface area (Å²) in [4.78, 5) is 24.4. The Morgan fingerprint density at radius 1 is 1.38 bits per heavy atom. The van der Waals surface area contributed by atoms with Gasteiger partial charge >= 0.3 is 0 Å². The molecule has 1 aliphatic heterocycles. The highest BCUT2D eigenvalue weighted by atomic mass is 32.1. The molecular weight excluding hydrogens is 288 g/mol. The summed E-state index contributed by atoms with van der Waals surface area (Å²) in [5.74, 6) is 0.727. The first-order valence-electron chi connectivity index (χ1n) is 7.15. The average molecular weight is 308 g/mol. The highest BCUT2D eigenvalue weighted by molar-refractivity contribution is 7.80. The fourth-order valence-electron chi connectivity index (χ4n) is 2.74.